The lowest BCUT2D eigenvalue weighted by Gasteiger charge is -2.38. The van der Waals surface area contributed by atoms with E-state index >= 15 is 0 Å². The molecular formula is C18H23F2N3O3. The molecule has 8 heteroatoms. The second kappa shape index (κ2) is 8.81. The summed E-state index contributed by atoms with van der Waals surface area (Å²) in [6.45, 7) is 3.12. The highest BCUT2D eigenvalue weighted by molar-refractivity contribution is 5.95. The van der Waals surface area contributed by atoms with Crippen molar-refractivity contribution in [3.63, 3.8) is 0 Å². The van der Waals surface area contributed by atoms with Gasteiger partial charge in [0.05, 0.1) is 13.2 Å². The molecule has 0 N–H and O–H groups in total. The fraction of sp³-hybridized carbons (Fsp3) is 0.556. The van der Waals surface area contributed by atoms with Gasteiger partial charge in [0.2, 0.25) is 0 Å². The number of hydrogen-bond acceptors (Lipinski definition) is 5. The molecule has 1 aromatic carbocycles. The summed E-state index contributed by atoms with van der Waals surface area (Å²) in [6.07, 6.45) is 0. The largest absolute Gasteiger partial charge is 0.493 e. The minimum atomic E-state index is -3.00. The molecular weight excluding hydrogens is 344 g/mol. The second-order valence-electron chi connectivity index (χ2n) is 6.39. The van der Waals surface area contributed by atoms with E-state index in [2.05, 4.69) is 15.7 Å². The highest BCUT2D eigenvalue weighted by atomic mass is 19.3. The van der Waals surface area contributed by atoms with E-state index in [1.807, 2.05) is 13.8 Å². The summed E-state index contributed by atoms with van der Waals surface area (Å²) in [7, 11) is 1.34. The van der Waals surface area contributed by atoms with Crippen LogP contribution in [-0.4, -0.2) is 61.6 Å². The van der Waals surface area contributed by atoms with E-state index < -0.39 is 6.61 Å². The smallest absolute Gasteiger partial charge is 0.387 e. The number of nitrogens with zero attached hydrogens (tertiary/aromatic N) is 3. The number of halogens is 2. The van der Waals surface area contributed by atoms with Crippen LogP contribution in [0.4, 0.5) is 8.78 Å². The van der Waals surface area contributed by atoms with Crippen LogP contribution in [0.5, 0.6) is 11.5 Å². The van der Waals surface area contributed by atoms with Gasteiger partial charge in [-0.1, -0.05) is 13.8 Å². The summed E-state index contributed by atoms with van der Waals surface area (Å²) in [4.78, 5) is 16.4. The van der Waals surface area contributed by atoms with Crippen molar-refractivity contribution in [2.45, 2.75) is 26.5 Å². The third-order valence-corrected chi connectivity index (χ3v) is 4.39. The van der Waals surface area contributed by atoms with Gasteiger partial charge in [-0.3, -0.25) is 9.69 Å². The summed E-state index contributed by atoms with van der Waals surface area (Å²) in [5, 5.41) is 9.29. The standard InChI is InChI=1S/C18H23F2N3O3/c1-12(2)14(11-21)22-6-8-23(9-7-22)17(24)13-4-5-15(25-3)16(10-13)26-18(19)20/h4-5,10,12,14,18H,6-9H2,1-3H3/t14-/m1/s1. The Morgan fingerprint density at radius 2 is 1.85 bits per heavy atom. The van der Waals surface area contributed by atoms with E-state index in [-0.39, 0.29) is 34.9 Å². The molecule has 1 heterocycles. The van der Waals surface area contributed by atoms with Crippen molar-refractivity contribution in [2.75, 3.05) is 33.3 Å². The minimum absolute atomic E-state index is 0.139. The molecule has 0 aliphatic carbocycles. The van der Waals surface area contributed by atoms with Gasteiger partial charge >= 0.3 is 6.61 Å². The lowest BCUT2D eigenvalue weighted by molar-refractivity contribution is -0.0512. The van der Waals surface area contributed by atoms with Crippen molar-refractivity contribution in [3.8, 4) is 17.6 Å². The Labute approximate surface area is 151 Å². The summed E-state index contributed by atoms with van der Waals surface area (Å²) >= 11 is 0. The average molecular weight is 367 g/mol. The third-order valence-electron chi connectivity index (χ3n) is 4.39. The molecule has 1 aromatic rings. The fourth-order valence-corrected chi connectivity index (χ4v) is 3.04. The number of amides is 1. The SMILES string of the molecule is COc1ccc(C(=O)N2CCN([C@H](C#N)C(C)C)CC2)cc1OC(F)F. The quantitative estimate of drug-likeness (QED) is 0.773. The average Bonchev–Trinajstić information content (AvgIpc) is 2.61. The van der Waals surface area contributed by atoms with Gasteiger partial charge in [0.15, 0.2) is 11.5 Å². The maximum atomic E-state index is 12.7. The zero-order valence-electron chi connectivity index (χ0n) is 15.1. The van der Waals surface area contributed by atoms with Crippen LogP contribution in [0.25, 0.3) is 0 Å². The van der Waals surface area contributed by atoms with Crippen LogP contribution in [0.15, 0.2) is 18.2 Å². The van der Waals surface area contributed by atoms with E-state index in [1.54, 1.807) is 4.90 Å². The molecule has 1 aliphatic heterocycles. The highest BCUT2D eigenvalue weighted by Gasteiger charge is 2.28. The van der Waals surface area contributed by atoms with Crippen molar-refractivity contribution in [1.82, 2.24) is 9.80 Å². The van der Waals surface area contributed by atoms with Gasteiger partial charge < -0.3 is 14.4 Å². The normalized spacial score (nSPS) is 16.5. The third kappa shape index (κ3) is 4.61. The first-order valence-corrected chi connectivity index (χ1v) is 8.43. The molecule has 0 spiro atoms. The van der Waals surface area contributed by atoms with Gasteiger partial charge in [-0.05, 0) is 24.1 Å². The number of piperazine rings is 1. The van der Waals surface area contributed by atoms with Crippen molar-refractivity contribution >= 4 is 5.91 Å². The van der Waals surface area contributed by atoms with E-state index in [0.717, 1.165) is 0 Å². The van der Waals surface area contributed by atoms with Gasteiger partial charge in [-0.15, -0.1) is 0 Å². The first-order chi connectivity index (χ1) is 12.4. The maximum Gasteiger partial charge on any atom is 0.387 e. The molecule has 1 fully saturated rings. The number of hydrogen-bond donors (Lipinski definition) is 0. The number of carbonyl (C=O) groups is 1. The Kier molecular flexibility index (Phi) is 6.75. The summed E-state index contributed by atoms with van der Waals surface area (Å²) in [6, 6.07) is 6.36. The van der Waals surface area contributed by atoms with Gasteiger partial charge in [-0.2, -0.15) is 14.0 Å². The zero-order chi connectivity index (χ0) is 19.3. The van der Waals surface area contributed by atoms with Crippen molar-refractivity contribution < 1.29 is 23.0 Å². The summed E-state index contributed by atoms with van der Waals surface area (Å²) in [5.74, 6) is -0.0841. The van der Waals surface area contributed by atoms with E-state index in [0.29, 0.717) is 26.2 Å². The lowest BCUT2D eigenvalue weighted by atomic mass is 10.0. The molecule has 1 atom stereocenters. The molecule has 1 amide bonds. The van der Waals surface area contributed by atoms with Crippen molar-refractivity contribution in [1.29, 1.82) is 5.26 Å². The number of methoxy groups -OCH3 is 1. The van der Waals surface area contributed by atoms with Crippen molar-refractivity contribution in [2.24, 2.45) is 5.92 Å². The topological polar surface area (TPSA) is 65.8 Å². The predicted octanol–water partition coefficient (Wildman–Crippen LogP) is 2.60. The van der Waals surface area contributed by atoms with Gasteiger partial charge in [0.25, 0.3) is 5.91 Å². The molecule has 0 unspecified atom stereocenters. The molecule has 0 saturated carbocycles. The second-order valence-corrected chi connectivity index (χ2v) is 6.39. The Balaban J connectivity index is 2.07. The van der Waals surface area contributed by atoms with E-state index in [9.17, 15) is 18.8 Å². The Hall–Kier alpha value is -2.40. The molecule has 0 aromatic heterocycles. The molecule has 0 radical (unpaired) electrons. The van der Waals surface area contributed by atoms with Crippen LogP contribution in [0.2, 0.25) is 0 Å². The number of alkyl halides is 2. The molecule has 0 bridgehead atoms. The van der Waals surface area contributed by atoms with Crippen molar-refractivity contribution in [3.05, 3.63) is 23.8 Å². The molecule has 1 aliphatic rings. The molecule has 2 rings (SSSR count). The Morgan fingerprint density at radius 3 is 2.35 bits per heavy atom. The predicted molar refractivity (Wildman–Crippen MR) is 91.3 cm³/mol. The number of ether oxygens (including phenoxy) is 2. The summed E-state index contributed by atoms with van der Waals surface area (Å²) < 4.78 is 34.5. The molecule has 26 heavy (non-hydrogen) atoms. The summed E-state index contributed by atoms with van der Waals surface area (Å²) in [5.41, 5.74) is 0.260. The van der Waals surface area contributed by atoms with E-state index in [4.69, 9.17) is 4.74 Å². The van der Waals surface area contributed by atoms with Crippen LogP contribution < -0.4 is 9.47 Å². The van der Waals surface area contributed by atoms with Crippen LogP contribution in [0.3, 0.4) is 0 Å². The minimum Gasteiger partial charge on any atom is -0.493 e. The highest BCUT2D eigenvalue weighted by Crippen LogP contribution is 2.30. The number of rotatable bonds is 6. The first-order valence-electron chi connectivity index (χ1n) is 8.43. The van der Waals surface area contributed by atoms with Crippen LogP contribution in [0, 0.1) is 17.2 Å². The number of nitriles is 1. The Bertz CT molecular complexity index is 668. The maximum absolute atomic E-state index is 12.7. The molecule has 142 valence electrons. The number of carbonyl (C=O) groups excluding carboxylic acids is 1. The zero-order valence-corrected chi connectivity index (χ0v) is 15.1. The van der Waals surface area contributed by atoms with Crippen LogP contribution in [-0.2, 0) is 0 Å². The van der Waals surface area contributed by atoms with Crippen LogP contribution >= 0.6 is 0 Å². The monoisotopic (exact) mass is 367 g/mol. The lowest BCUT2D eigenvalue weighted by Crippen LogP contribution is -2.52. The number of benzene rings is 1. The van der Waals surface area contributed by atoms with E-state index in [1.165, 1.54) is 25.3 Å². The fourth-order valence-electron chi connectivity index (χ4n) is 3.04. The first kappa shape index (κ1) is 19.9. The van der Waals surface area contributed by atoms with Gasteiger partial charge in [0, 0.05) is 31.7 Å². The Morgan fingerprint density at radius 1 is 1.19 bits per heavy atom. The molecule has 1 saturated heterocycles. The molecule has 6 nitrogen and oxygen atoms in total. The van der Waals surface area contributed by atoms with Gasteiger partial charge in [0.1, 0.15) is 6.04 Å². The van der Waals surface area contributed by atoms with Gasteiger partial charge in [-0.25, -0.2) is 0 Å². The van der Waals surface area contributed by atoms with Crippen LogP contribution in [0.1, 0.15) is 24.2 Å².